The number of nitrogens with one attached hydrogen (secondary N) is 1. The first-order valence-corrected chi connectivity index (χ1v) is 5.97. The molecule has 5 nitrogen and oxygen atoms in total. The number of benzene rings is 1. The van der Waals surface area contributed by atoms with E-state index in [9.17, 15) is 0 Å². The molecule has 0 aliphatic carbocycles. The van der Waals surface area contributed by atoms with Gasteiger partial charge in [0.15, 0.2) is 11.4 Å². The summed E-state index contributed by atoms with van der Waals surface area (Å²) >= 11 is 1.34. The molecule has 1 N–H and O–H groups in total. The van der Waals surface area contributed by atoms with Crippen molar-refractivity contribution in [3.05, 3.63) is 18.2 Å². The van der Waals surface area contributed by atoms with Crippen molar-refractivity contribution in [3.8, 4) is 17.7 Å². The molecule has 0 saturated carbocycles. The van der Waals surface area contributed by atoms with Crippen molar-refractivity contribution in [2.75, 3.05) is 20.5 Å². The average Bonchev–Trinajstić information content (AvgIpc) is 2.38. The summed E-state index contributed by atoms with van der Waals surface area (Å²) < 4.78 is 10.3. The van der Waals surface area contributed by atoms with Crippen LogP contribution in [0.4, 0.5) is 5.69 Å². The number of ether oxygens (including phenoxy) is 2. The number of nitrogens with zero attached hydrogens (tertiary/aromatic N) is 2. The number of aliphatic imine (C=N–C) groups is 1. The monoisotopic (exact) mass is 251 g/mol. The van der Waals surface area contributed by atoms with Crippen LogP contribution in [0.25, 0.3) is 0 Å². The molecular weight excluding hydrogens is 238 g/mol. The van der Waals surface area contributed by atoms with E-state index in [0.29, 0.717) is 22.4 Å². The van der Waals surface area contributed by atoms with Crippen LogP contribution in [0.3, 0.4) is 0 Å². The maximum absolute atomic E-state index is 8.56. The summed E-state index contributed by atoms with van der Waals surface area (Å²) in [5.74, 6) is 1.30. The molecule has 0 heterocycles. The third-order valence-corrected chi connectivity index (χ3v) is 2.54. The Morgan fingerprint density at radius 3 is 2.71 bits per heavy atom. The second-order valence-electron chi connectivity index (χ2n) is 2.90. The summed E-state index contributed by atoms with van der Waals surface area (Å²) in [6.07, 6.45) is 3.66. The molecule has 0 aliphatic rings. The summed E-state index contributed by atoms with van der Waals surface area (Å²) in [6.45, 7) is 0. The zero-order chi connectivity index (χ0) is 12.7. The summed E-state index contributed by atoms with van der Waals surface area (Å²) in [5.41, 5.74) is 0.610. The van der Waals surface area contributed by atoms with Crippen LogP contribution >= 0.6 is 11.8 Å². The van der Waals surface area contributed by atoms with E-state index in [1.165, 1.54) is 11.8 Å². The Bertz CT molecular complexity index is 455. The Labute approximate surface area is 104 Å². The SMILES string of the molecule is COc1ccc(OC)c(N=C(NC#N)SC)c1. The third-order valence-electron chi connectivity index (χ3n) is 1.96. The van der Waals surface area contributed by atoms with Gasteiger partial charge in [0.25, 0.3) is 0 Å². The van der Waals surface area contributed by atoms with Gasteiger partial charge in [-0.1, -0.05) is 11.8 Å². The number of nitriles is 1. The van der Waals surface area contributed by atoms with Crippen LogP contribution in [0.5, 0.6) is 11.5 Å². The van der Waals surface area contributed by atoms with Gasteiger partial charge >= 0.3 is 0 Å². The maximum Gasteiger partial charge on any atom is 0.183 e. The molecular formula is C11H13N3O2S. The highest BCUT2D eigenvalue weighted by molar-refractivity contribution is 8.13. The van der Waals surface area contributed by atoms with Crippen molar-refractivity contribution in [3.63, 3.8) is 0 Å². The van der Waals surface area contributed by atoms with E-state index in [1.807, 2.05) is 12.4 Å². The Kier molecular flexibility index (Phi) is 5.17. The molecule has 0 bridgehead atoms. The van der Waals surface area contributed by atoms with Gasteiger partial charge in [0.2, 0.25) is 0 Å². The van der Waals surface area contributed by atoms with Gasteiger partial charge in [0, 0.05) is 6.07 Å². The lowest BCUT2D eigenvalue weighted by Gasteiger charge is -2.07. The molecule has 1 rings (SSSR count). The molecule has 0 fully saturated rings. The Hall–Kier alpha value is -1.87. The number of rotatable bonds is 3. The number of amidine groups is 1. The van der Waals surface area contributed by atoms with Crippen LogP contribution in [0.15, 0.2) is 23.2 Å². The second-order valence-corrected chi connectivity index (χ2v) is 3.69. The molecule has 0 saturated heterocycles. The smallest absolute Gasteiger partial charge is 0.183 e. The van der Waals surface area contributed by atoms with Gasteiger partial charge in [0.05, 0.1) is 14.2 Å². The molecule has 0 spiro atoms. The molecule has 1 aromatic rings. The van der Waals surface area contributed by atoms with Gasteiger partial charge in [-0.15, -0.1) is 0 Å². The Morgan fingerprint density at radius 2 is 2.18 bits per heavy atom. The van der Waals surface area contributed by atoms with Crippen molar-refractivity contribution in [1.82, 2.24) is 5.32 Å². The Balaban J connectivity index is 3.14. The minimum absolute atomic E-state index is 0.499. The molecule has 0 atom stereocenters. The van der Waals surface area contributed by atoms with Crippen LogP contribution in [-0.2, 0) is 0 Å². The Morgan fingerprint density at radius 1 is 1.41 bits per heavy atom. The largest absolute Gasteiger partial charge is 0.497 e. The van der Waals surface area contributed by atoms with Crippen LogP contribution < -0.4 is 14.8 Å². The summed E-state index contributed by atoms with van der Waals surface area (Å²) in [7, 11) is 3.15. The van der Waals surface area contributed by atoms with Crippen LogP contribution in [-0.4, -0.2) is 25.6 Å². The molecule has 0 amide bonds. The predicted octanol–water partition coefficient (Wildman–Crippen LogP) is 2.12. The van der Waals surface area contributed by atoms with E-state index >= 15 is 0 Å². The zero-order valence-electron chi connectivity index (χ0n) is 9.85. The highest BCUT2D eigenvalue weighted by Crippen LogP contribution is 2.31. The van der Waals surface area contributed by atoms with Crippen LogP contribution in [0.1, 0.15) is 0 Å². The molecule has 1 aromatic carbocycles. The first-order valence-electron chi connectivity index (χ1n) is 4.75. The maximum atomic E-state index is 8.56. The average molecular weight is 251 g/mol. The van der Waals surface area contributed by atoms with E-state index in [4.69, 9.17) is 14.7 Å². The van der Waals surface area contributed by atoms with Gasteiger partial charge in [-0.25, -0.2) is 4.99 Å². The van der Waals surface area contributed by atoms with Gasteiger partial charge in [-0.2, -0.15) is 5.26 Å². The molecule has 6 heteroatoms. The number of thioether (sulfide) groups is 1. The van der Waals surface area contributed by atoms with E-state index in [-0.39, 0.29) is 0 Å². The standard InChI is InChI=1S/C11H13N3O2S/c1-15-8-4-5-10(16-2)9(6-8)14-11(17-3)13-7-12/h4-6H,1-3H3,(H,13,14). The highest BCUT2D eigenvalue weighted by atomic mass is 32.2. The summed E-state index contributed by atoms with van der Waals surface area (Å²) in [4.78, 5) is 4.29. The van der Waals surface area contributed by atoms with Gasteiger partial charge in [-0.05, 0) is 18.4 Å². The molecule has 0 aromatic heterocycles. The van der Waals surface area contributed by atoms with E-state index < -0.39 is 0 Å². The van der Waals surface area contributed by atoms with E-state index in [1.54, 1.807) is 32.4 Å². The third kappa shape index (κ3) is 3.57. The molecule has 17 heavy (non-hydrogen) atoms. The van der Waals surface area contributed by atoms with Crippen LogP contribution in [0, 0.1) is 11.5 Å². The first kappa shape index (κ1) is 13.2. The quantitative estimate of drug-likeness (QED) is 0.386. The van der Waals surface area contributed by atoms with Crippen molar-refractivity contribution >= 4 is 22.6 Å². The fraction of sp³-hybridized carbons (Fsp3) is 0.273. The lowest BCUT2D eigenvalue weighted by atomic mass is 10.3. The summed E-state index contributed by atoms with van der Waals surface area (Å²) in [5, 5.41) is 11.6. The fourth-order valence-electron chi connectivity index (χ4n) is 1.17. The zero-order valence-corrected chi connectivity index (χ0v) is 10.7. The predicted molar refractivity (Wildman–Crippen MR) is 68.9 cm³/mol. The van der Waals surface area contributed by atoms with Crippen molar-refractivity contribution in [2.24, 2.45) is 4.99 Å². The van der Waals surface area contributed by atoms with Crippen molar-refractivity contribution in [1.29, 1.82) is 5.26 Å². The number of hydrogen-bond donors (Lipinski definition) is 1. The lowest BCUT2D eigenvalue weighted by Crippen LogP contribution is -2.12. The number of hydrogen-bond acceptors (Lipinski definition) is 5. The highest BCUT2D eigenvalue weighted by Gasteiger charge is 2.05. The van der Waals surface area contributed by atoms with E-state index in [2.05, 4.69) is 10.3 Å². The lowest BCUT2D eigenvalue weighted by molar-refractivity contribution is 0.404. The minimum Gasteiger partial charge on any atom is -0.497 e. The van der Waals surface area contributed by atoms with Gasteiger partial charge < -0.3 is 9.47 Å². The van der Waals surface area contributed by atoms with Crippen molar-refractivity contribution in [2.45, 2.75) is 0 Å². The van der Waals surface area contributed by atoms with Crippen molar-refractivity contribution < 1.29 is 9.47 Å². The van der Waals surface area contributed by atoms with E-state index in [0.717, 1.165) is 0 Å². The van der Waals surface area contributed by atoms with Gasteiger partial charge in [0.1, 0.15) is 17.2 Å². The topological polar surface area (TPSA) is 66.6 Å². The molecule has 0 aliphatic heterocycles. The number of methoxy groups -OCH3 is 2. The molecule has 0 radical (unpaired) electrons. The normalized spacial score (nSPS) is 10.6. The second kappa shape index (κ2) is 6.66. The van der Waals surface area contributed by atoms with Gasteiger partial charge in [-0.3, -0.25) is 5.32 Å². The minimum atomic E-state index is 0.499. The fourth-order valence-corrected chi connectivity index (χ4v) is 1.50. The summed E-state index contributed by atoms with van der Waals surface area (Å²) in [6, 6.07) is 5.30. The first-order chi connectivity index (χ1) is 8.24. The molecule has 0 unspecified atom stereocenters. The molecule has 90 valence electrons. The van der Waals surface area contributed by atoms with Crippen LogP contribution in [0.2, 0.25) is 0 Å².